The Morgan fingerprint density at radius 1 is 1.38 bits per heavy atom. The van der Waals surface area contributed by atoms with Crippen LogP contribution in [0.15, 0.2) is 6.07 Å². The van der Waals surface area contributed by atoms with Crippen molar-refractivity contribution in [2.45, 2.75) is 13.0 Å². The van der Waals surface area contributed by atoms with Gasteiger partial charge >= 0.3 is 0 Å². The lowest BCUT2D eigenvalue weighted by atomic mass is 10.0. The molecule has 0 aliphatic heterocycles. The first-order valence-electron chi connectivity index (χ1n) is 4.71. The summed E-state index contributed by atoms with van der Waals surface area (Å²) in [7, 11) is 2.94. The third-order valence-corrected chi connectivity index (χ3v) is 2.56. The van der Waals surface area contributed by atoms with Gasteiger partial charge in [0.15, 0.2) is 17.8 Å². The van der Waals surface area contributed by atoms with Crippen LogP contribution in [0.1, 0.15) is 28.9 Å². The van der Waals surface area contributed by atoms with Crippen LogP contribution in [-0.2, 0) is 0 Å². The number of rotatable bonds is 4. The van der Waals surface area contributed by atoms with Crippen LogP contribution in [-0.4, -0.2) is 20.5 Å². The second-order valence-corrected chi connectivity index (χ2v) is 3.74. The fraction of sp³-hybridized carbons (Fsp3) is 0.364. The molecule has 1 aromatic rings. The Morgan fingerprint density at radius 2 is 1.94 bits per heavy atom. The Kier molecular flexibility index (Phi) is 4.15. The number of benzene rings is 1. The van der Waals surface area contributed by atoms with Gasteiger partial charge in [-0.05, 0) is 13.0 Å². The van der Waals surface area contributed by atoms with Gasteiger partial charge in [-0.15, -0.1) is 0 Å². The maximum Gasteiger partial charge on any atom is 0.171 e. The smallest absolute Gasteiger partial charge is 0.171 e. The maximum absolute atomic E-state index is 10.9. The van der Waals surface area contributed by atoms with Gasteiger partial charge in [0, 0.05) is 11.6 Å². The molecule has 0 fully saturated rings. The molecule has 2 N–H and O–H groups in total. The summed E-state index contributed by atoms with van der Waals surface area (Å²) in [6, 6.07) is 1.21. The minimum Gasteiger partial charge on any atom is -0.492 e. The molecule has 16 heavy (non-hydrogen) atoms. The second kappa shape index (κ2) is 5.18. The predicted molar refractivity (Wildman–Crippen MR) is 62.5 cm³/mol. The van der Waals surface area contributed by atoms with Crippen molar-refractivity contribution in [1.29, 1.82) is 0 Å². The lowest BCUT2D eigenvalue weighted by Gasteiger charge is -2.18. The van der Waals surface area contributed by atoms with Crippen LogP contribution in [0.4, 0.5) is 0 Å². The van der Waals surface area contributed by atoms with Gasteiger partial charge in [-0.25, -0.2) is 0 Å². The number of methoxy groups -OCH3 is 2. The van der Waals surface area contributed by atoms with Crippen molar-refractivity contribution in [3.63, 3.8) is 0 Å². The molecule has 1 unspecified atom stereocenters. The van der Waals surface area contributed by atoms with Crippen molar-refractivity contribution in [1.82, 2.24) is 0 Å². The van der Waals surface area contributed by atoms with E-state index in [0.29, 0.717) is 33.9 Å². The third kappa shape index (κ3) is 2.13. The fourth-order valence-corrected chi connectivity index (χ4v) is 1.94. The van der Waals surface area contributed by atoms with Crippen LogP contribution in [0.3, 0.4) is 0 Å². The molecule has 0 aliphatic rings. The highest BCUT2D eigenvalue weighted by atomic mass is 35.5. The molecule has 0 amide bonds. The SMILES string of the molecule is COc1c(C=O)cc(Cl)c(C(C)N)c1OC. The first kappa shape index (κ1) is 12.8. The van der Waals surface area contributed by atoms with Gasteiger partial charge < -0.3 is 15.2 Å². The van der Waals surface area contributed by atoms with E-state index in [1.54, 1.807) is 6.92 Å². The van der Waals surface area contributed by atoms with Crippen molar-refractivity contribution in [2.75, 3.05) is 14.2 Å². The molecule has 0 spiro atoms. The Bertz CT molecular complexity index is 405. The zero-order valence-electron chi connectivity index (χ0n) is 9.41. The first-order chi connectivity index (χ1) is 7.56. The second-order valence-electron chi connectivity index (χ2n) is 3.33. The van der Waals surface area contributed by atoms with Gasteiger partial charge in [0.2, 0.25) is 0 Å². The van der Waals surface area contributed by atoms with Gasteiger partial charge in [-0.3, -0.25) is 4.79 Å². The molecule has 5 heteroatoms. The Balaban J connectivity index is 3.57. The highest BCUT2D eigenvalue weighted by molar-refractivity contribution is 6.32. The van der Waals surface area contributed by atoms with Crippen molar-refractivity contribution < 1.29 is 14.3 Å². The molecule has 0 heterocycles. The van der Waals surface area contributed by atoms with E-state index in [4.69, 9.17) is 26.8 Å². The predicted octanol–water partition coefficient (Wildman–Crippen LogP) is 2.19. The van der Waals surface area contributed by atoms with Crippen molar-refractivity contribution >= 4 is 17.9 Å². The average Bonchev–Trinajstić information content (AvgIpc) is 2.26. The topological polar surface area (TPSA) is 61.5 Å². The van der Waals surface area contributed by atoms with Crippen LogP contribution in [0.5, 0.6) is 11.5 Å². The number of aldehydes is 1. The molecule has 0 aliphatic carbocycles. The number of carbonyl (C=O) groups excluding carboxylic acids is 1. The molecule has 0 bridgehead atoms. The minimum absolute atomic E-state index is 0.308. The number of hydrogen-bond donors (Lipinski definition) is 1. The minimum atomic E-state index is -0.308. The van der Waals surface area contributed by atoms with Crippen LogP contribution in [0.2, 0.25) is 5.02 Å². The summed E-state index contributed by atoms with van der Waals surface area (Å²) < 4.78 is 10.3. The summed E-state index contributed by atoms with van der Waals surface area (Å²) in [5, 5.41) is 0.398. The van der Waals surface area contributed by atoms with E-state index in [9.17, 15) is 4.79 Å². The van der Waals surface area contributed by atoms with E-state index >= 15 is 0 Å². The molecule has 1 aromatic carbocycles. The largest absolute Gasteiger partial charge is 0.492 e. The molecule has 88 valence electrons. The first-order valence-corrected chi connectivity index (χ1v) is 5.09. The molecule has 0 radical (unpaired) electrons. The van der Waals surface area contributed by atoms with Crippen molar-refractivity contribution in [3.05, 3.63) is 22.2 Å². The molecular formula is C11H14ClNO3. The molecule has 1 rings (SSSR count). The van der Waals surface area contributed by atoms with Gasteiger partial charge in [-0.1, -0.05) is 11.6 Å². The summed E-state index contributed by atoms with van der Waals surface area (Å²) in [6.07, 6.45) is 0.665. The molecular weight excluding hydrogens is 230 g/mol. The summed E-state index contributed by atoms with van der Waals surface area (Å²) in [4.78, 5) is 10.9. The van der Waals surface area contributed by atoms with E-state index in [-0.39, 0.29) is 6.04 Å². The summed E-state index contributed by atoms with van der Waals surface area (Å²) in [6.45, 7) is 1.78. The Hall–Kier alpha value is -1.26. The summed E-state index contributed by atoms with van der Waals surface area (Å²) in [5.41, 5.74) is 6.77. The van der Waals surface area contributed by atoms with Gasteiger partial charge in [0.05, 0.1) is 24.8 Å². The van der Waals surface area contributed by atoms with Crippen molar-refractivity contribution in [3.8, 4) is 11.5 Å². The van der Waals surface area contributed by atoms with E-state index in [1.807, 2.05) is 0 Å². The van der Waals surface area contributed by atoms with Gasteiger partial charge in [-0.2, -0.15) is 0 Å². The number of ether oxygens (including phenoxy) is 2. The third-order valence-electron chi connectivity index (χ3n) is 2.24. The van der Waals surface area contributed by atoms with E-state index in [0.717, 1.165) is 0 Å². The monoisotopic (exact) mass is 243 g/mol. The number of hydrogen-bond acceptors (Lipinski definition) is 4. The van der Waals surface area contributed by atoms with Gasteiger partial charge in [0.1, 0.15) is 0 Å². The lowest BCUT2D eigenvalue weighted by molar-refractivity contribution is 0.112. The quantitative estimate of drug-likeness (QED) is 0.824. The van der Waals surface area contributed by atoms with Gasteiger partial charge in [0.25, 0.3) is 0 Å². The number of nitrogens with two attached hydrogens (primary N) is 1. The molecule has 1 atom stereocenters. The normalized spacial score (nSPS) is 12.1. The van der Waals surface area contributed by atoms with Crippen LogP contribution >= 0.6 is 11.6 Å². The Labute approximate surface area is 99.3 Å². The lowest BCUT2D eigenvalue weighted by Crippen LogP contribution is -2.10. The van der Waals surface area contributed by atoms with Crippen LogP contribution in [0.25, 0.3) is 0 Å². The molecule has 0 aromatic heterocycles. The number of carbonyl (C=O) groups is 1. The Morgan fingerprint density at radius 3 is 2.31 bits per heavy atom. The van der Waals surface area contributed by atoms with Crippen LogP contribution < -0.4 is 15.2 Å². The zero-order chi connectivity index (χ0) is 12.3. The highest BCUT2D eigenvalue weighted by Crippen LogP contribution is 2.41. The van der Waals surface area contributed by atoms with E-state index in [1.165, 1.54) is 20.3 Å². The summed E-state index contributed by atoms with van der Waals surface area (Å²) in [5.74, 6) is 0.765. The number of halogens is 1. The standard InChI is InChI=1S/C11H14ClNO3/c1-6(13)9-8(12)4-7(5-14)10(15-2)11(9)16-3/h4-6H,13H2,1-3H3. The van der Waals surface area contributed by atoms with E-state index in [2.05, 4.69) is 0 Å². The fourth-order valence-electron chi connectivity index (χ4n) is 1.57. The summed E-state index contributed by atoms with van der Waals surface area (Å²) >= 11 is 6.04. The van der Waals surface area contributed by atoms with Crippen LogP contribution in [0, 0.1) is 0 Å². The van der Waals surface area contributed by atoms with E-state index < -0.39 is 0 Å². The average molecular weight is 244 g/mol. The maximum atomic E-state index is 10.9. The molecule has 0 saturated carbocycles. The molecule has 0 saturated heterocycles. The molecule has 4 nitrogen and oxygen atoms in total. The highest BCUT2D eigenvalue weighted by Gasteiger charge is 2.20. The van der Waals surface area contributed by atoms with Crippen molar-refractivity contribution in [2.24, 2.45) is 5.73 Å². The zero-order valence-corrected chi connectivity index (χ0v) is 10.2.